The number of benzene rings is 3. The Balaban J connectivity index is 1.87. The van der Waals surface area contributed by atoms with E-state index >= 15 is 0 Å². The number of hydrogen-bond donors (Lipinski definition) is 0. The number of rotatable bonds is 6. The third kappa shape index (κ3) is 5.44. The van der Waals surface area contributed by atoms with Crippen LogP contribution in [0.15, 0.2) is 78.9 Å². The van der Waals surface area contributed by atoms with Gasteiger partial charge in [0.25, 0.3) is 0 Å². The van der Waals surface area contributed by atoms with Crippen LogP contribution in [0, 0.1) is 19.7 Å². The second-order valence-corrected chi connectivity index (χ2v) is 7.99. The topological polar surface area (TPSA) is 52.6 Å². The first kappa shape index (κ1) is 23.7. The zero-order chi connectivity index (χ0) is 24.3. The fourth-order valence-corrected chi connectivity index (χ4v) is 3.25. The molecule has 3 aromatic carbocycles. The molecule has 4 nitrogen and oxygen atoms in total. The number of hydrogen-bond acceptors (Lipinski definition) is 4. The van der Waals surface area contributed by atoms with Crippen molar-refractivity contribution in [2.45, 2.75) is 27.7 Å². The fraction of sp³-hybridized carbons (Fsp3) is 0.143. The van der Waals surface area contributed by atoms with E-state index in [0.717, 1.165) is 27.8 Å². The van der Waals surface area contributed by atoms with Crippen molar-refractivity contribution in [3.8, 4) is 33.8 Å². The molecule has 0 aliphatic rings. The Morgan fingerprint density at radius 3 is 1.82 bits per heavy atom. The van der Waals surface area contributed by atoms with Gasteiger partial charge in [0.15, 0.2) is 0 Å². The highest BCUT2D eigenvalue weighted by Crippen LogP contribution is 2.33. The lowest BCUT2D eigenvalue weighted by Crippen LogP contribution is -2.09. The van der Waals surface area contributed by atoms with Crippen LogP contribution in [-0.4, -0.2) is 11.9 Å². The zero-order valence-electron chi connectivity index (χ0n) is 19.1. The van der Waals surface area contributed by atoms with Crippen LogP contribution in [0.1, 0.15) is 25.0 Å². The molecule has 5 heteroatoms. The molecule has 0 aromatic heterocycles. The van der Waals surface area contributed by atoms with Gasteiger partial charge in [0.1, 0.15) is 17.3 Å². The molecule has 0 radical (unpaired) electrons. The second kappa shape index (κ2) is 9.65. The predicted octanol–water partition coefficient (Wildman–Crippen LogP) is 6.74. The smallest absolute Gasteiger partial charge is 0.338 e. The largest absolute Gasteiger partial charge is 0.423 e. The van der Waals surface area contributed by atoms with Crippen LogP contribution in [0.5, 0.6) is 11.5 Å². The number of aryl methyl sites for hydroxylation is 2. The second-order valence-electron chi connectivity index (χ2n) is 7.99. The maximum Gasteiger partial charge on any atom is 0.338 e. The summed E-state index contributed by atoms with van der Waals surface area (Å²) in [6, 6.07) is 15.6. The molecule has 0 unspecified atom stereocenters. The Labute approximate surface area is 193 Å². The normalized spacial score (nSPS) is 10.5. The Morgan fingerprint density at radius 2 is 1.27 bits per heavy atom. The average molecular weight is 445 g/mol. The minimum absolute atomic E-state index is 0.126. The van der Waals surface area contributed by atoms with E-state index in [-0.39, 0.29) is 11.3 Å². The highest BCUT2D eigenvalue weighted by atomic mass is 19.1. The molecule has 0 saturated heterocycles. The molecule has 0 atom stereocenters. The molecular weight excluding hydrogens is 419 g/mol. The Hall–Kier alpha value is -3.99. The number of carbonyl (C=O) groups is 2. The first-order valence-corrected chi connectivity index (χ1v) is 10.3. The molecular formula is C28H25FO4. The zero-order valence-corrected chi connectivity index (χ0v) is 19.1. The summed E-state index contributed by atoms with van der Waals surface area (Å²) in [5, 5.41) is 0. The van der Waals surface area contributed by atoms with E-state index in [9.17, 15) is 14.0 Å². The van der Waals surface area contributed by atoms with Crippen molar-refractivity contribution in [2.75, 3.05) is 0 Å². The van der Waals surface area contributed by atoms with Crippen molar-refractivity contribution in [3.63, 3.8) is 0 Å². The number of esters is 2. The lowest BCUT2D eigenvalue weighted by Gasteiger charge is -2.13. The first-order chi connectivity index (χ1) is 15.6. The Morgan fingerprint density at radius 1 is 0.727 bits per heavy atom. The van der Waals surface area contributed by atoms with Gasteiger partial charge in [-0.3, -0.25) is 0 Å². The SMILES string of the molecule is C=C(C)C(=O)Oc1ccc(-c2ccc(-c3ccc(OC(=O)C(=C)C)c(C)c3)cc2C)c(F)c1. The van der Waals surface area contributed by atoms with Crippen LogP contribution in [0.3, 0.4) is 0 Å². The van der Waals surface area contributed by atoms with Crippen molar-refractivity contribution in [1.29, 1.82) is 0 Å². The summed E-state index contributed by atoms with van der Waals surface area (Å²) >= 11 is 0. The molecule has 0 aliphatic carbocycles. The molecule has 0 fully saturated rings. The molecule has 0 aliphatic heterocycles. The van der Waals surface area contributed by atoms with Gasteiger partial charge >= 0.3 is 11.9 Å². The maximum atomic E-state index is 14.8. The molecule has 168 valence electrons. The van der Waals surface area contributed by atoms with E-state index in [1.807, 2.05) is 44.2 Å². The van der Waals surface area contributed by atoms with E-state index in [1.54, 1.807) is 25.1 Å². The summed E-state index contributed by atoms with van der Waals surface area (Å²) in [5.41, 5.74) is 5.31. The van der Waals surface area contributed by atoms with Gasteiger partial charge in [-0.15, -0.1) is 0 Å². The summed E-state index contributed by atoms with van der Waals surface area (Å²) in [6.07, 6.45) is 0. The van der Waals surface area contributed by atoms with E-state index in [2.05, 4.69) is 13.2 Å². The third-order valence-corrected chi connectivity index (χ3v) is 5.08. The maximum absolute atomic E-state index is 14.8. The Bertz CT molecular complexity index is 1290. The monoisotopic (exact) mass is 444 g/mol. The van der Waals surface area contributed by atoms with Gasteiger partial charge in [-0.25, -0.2) is 14.0 Å². The van der Waals surface area contributed by atoms with Gasteiger partial charge in [0, 0.05) is 22.8 Å². The summed E-state index contributed by atoms with van der Waals surface area (Å²) in [4.78, 5) is 23.4. The van der Waals surface area contributed by atoms with E-state index in [1.165, 1.54) is 13.0 Å². The molecule has 0 saturated carbocycles. The third-order valence-electron chi connectivity index (χ3n) is 5.08. The van der Waals surface area contributed by atoms with Gasteiger partial charge in [0.05, 0.1) is 0 Å². The molecule has 0 bridgehead atoms. The van der Waals surface area contributed by atoms with E-state index < -0.39 is 17.8 Å². The highest BCUT2D eigenvalue weighted by Gasteiger charge is 2.14. The van der Waals surface area contributed by atoms with Crippen molar-refractivity contribution in [3.05, 3.63) is 95.8 Å². The fourth-order valence-electron chi connectivity index (χ4n) is 3.25. The summed E-state index contributed by atoms with van der Waals surface area (Å²) in [6.45, 7) is 14.0. The predicted molar refractivity (Wildman–Crippen MR) is 128 cm³/mol. The molecule has 0 N–H and O–H groups in total. The summed E-state index contributed by atoms with van der Waals surface area (Å²) in [7, 11) is 0. The van der Waals surface area contributed by atoms with Crippen molar-refractivity contribution in [2.24, 2.45) is 0 Å². The van der Waals surface area contributed by atoms with Crippen LogP contribution in [0.25, 0.3) is 22.3 Å². The molecule has 3 rings (SSSR count). The van der Waals surface area contributed by atoms with Gasteiger partial charge in [-0.1, -0.05) is 37.4 Å². The van der Waals surface area contributed by atoms with Crippen LogP contribution >= 0.6 is 0 Å². The molecule has 0 spiro atoms. The summed E-state index contributed by atoms with van der Waals surface area (Å²) < 4.78 is 25.2. The van der Waals surface area contributed by atoms with E-state index in [4.69, 9.17) is 9.47 Å². The van der Waals surface area contributed by atoms with Crippen LogP contribution < -0.4 is 9.47 Å². The van der Waals surface area contributed by atoms with Gasteiger partial charge in [0.2, 0.25) is 0 Å². The van der Waals surface area contributed by atoms with E-state index in [0.29, 0.717) is 16.9 Å². The molecule has 0 heterocycles. The van der Waals surface area contributed by atoms with Crippen LogP contribution in [0.2, 0.25) is 0 Å². The number of carbonyl (C=O) groups excluding carboxylic acids is 2. The molecule has 33 heavy (non-hydrogen) atoms. The van der Waals surface area contributed by atoms with Crippen molar-refractivity contribution < 1.29 is 23.5 Å². The van der Waals surface area contributed by atoms with Crippen LogP contribution in [-0.2, 0) is 9.59 Å². The summed E-state index contributed by atoms with van der Waals surface area (Å²) in [5.74, 6) is -0.944. The van der Waals surface area contributed by atoms with Crippen molar-refractivity contribution >= 4 is 11.9 Å². The minimum Gasteiger partial charge on any atom is -0.423 e. The lowest BCUT2D eigenvalue weighted by atomic mass is 9.94. The average Bonchev–Trinajstić information content (AvgIpc) is 2.75. The van der Waals surface area contributed by atoms with Crippen LogP contribution in [0.4, 0.5) is 4.39 Å². The number of ether oxygens (including phenoxy) is 2. The molecule has 0 amide bonds. The standard InChI is InChI=1S/C28H25FO4/c1-16(2)27(30)32-22-9-11-24(25(29)15-22)23-10-7-20(13-18(23)5)21-8-12-26(19(6)14-21)33-28(31)17(3)4/h7-15H,1,3H2,2,4-6H3. The van der Waals surface area contributed by atoms with Gasteiger partial charge < -0.3 is 9.47 Å². The minimum atomic E-state index is -0.599. The van der Waals surface area contributed by atoms with Gasteiger partial charge in [-0.2, -0.15) is 0 Å². The lowest BCUT2D eigenvalue weighted by molar-refractivity contribution is -0.131. The van der Waals surface area contributed by atoms with Crippen molar-refractivity contribution in [1.82, 2.24) is 0 Å². The first-order valence-electron chi connectivity index (χ1n) is 10.3. The Kier molecular flexibility index (Phi) is 6.92. The highest BCUT2D eigenvalue weighted by molar-refractivity contribution is 5.89. The van der Waals surface area contributed by atoms with Gasteiger partial charge in [-0.05, 0) is 79.8 Å². The number of halogens is 1. The molecule has 3 aromatic rings. The quantitative estimate of drug-likeness (QED) is 0.240.